The van der Waals surface area contributed by atoms with E-state index < -0.39 is 0 Å². The quantitative estimate of drug-likeness (QED) is 0.211. The van der Waals surface area contributed by atoms with Gasteiger partial charge in [-0.2, -0.15) is 0 Å². The molecule has 90 valence electrons. The van der Waals surface area contributed by atoms with Crippen LogP contribution in [0.1, 0.15) is 12.8 Å². The van der Waals surface area contributed by atoms with E-state index in [1.54, 1.807) is 10.9 Å². The van der Waals surface area contributed by atoms with E-state index in [-0.39, 0.29) is 11.1 Å². The molecule has 0 unspecified atom stereocenters. The number of halogens is 1. The molecule has 0 spiro atoms. The van der Waals surface area contributed by atoms with Crippen LogP contribution in [0.5, 0.6) is 0 Å². The first kappa shape index (κ1) is 12.2. The maximum atomic E-state index is 8.37. The van der Waals surface area contributed by atoms with Crippen molar-refractivity contribution in [3.05, 3.63) is 21.9 Å². The number of aromatic nitrogens is 4. The normalized spacial score (nSPS) is 10.0. The molecule has 0 aliphatic rings. The van der Waals surface area contributed by atoms with Gasteiger partial charge in [-0.3, -0.25) is 0 Å². The van der Waals surface area contributed by atoms with E-state index in [1.165, 1.54) is 0 Å². The second kappa shape index (κ2) is 5.36. The molecule has 0 N–H and O–H groups in total. The highest BCUT2D eigenvalue weighted by atomic mass is 35.5. The third-order valence-corrected chi connectivity index (χ3v) is 2.53. The van der Waals surface area contributed by atoms with Gasteiger partial charge < -0.3 is 4.57 Å². The fraction of sp³-hybridized carbons (Fsp3) is 0.300. The number of rotatable bonds is 4. The second-order valence-electron chi connectivity index (χ2n) is 3.42. The van der Waals surface area contributed by atoms with E-state index in [1.807, 2.05) is 0 Å². The number of hydrogen-bond donors (Lipinski definition) is 0. The van der Waals surface area contributed by atoms with Gasteiger partial charge in [-0.1, -0.05) is 11.6 Å². The summed E-state index contributed by atoms with van der Waals surface area (Å²) >= 11 is 5.93. The SMILES string of the molecule is C#CCCCn1cnc2c(Cl)nc(N=[N+]=[N-])nc21. The number of imidazole rings is 1. The Morgan fingerprint density at radius 1 is 1.56 bits per heavy atom. The van der Waals surface area contributed by atoms with E-state index in [0.717, 1.165) is 6.42 Å². The average Bonchev–Trinajstić information content (AvgIpc) is 2.74. The first-order valence-corrected chi connectivity index (χ1v) is 5.51. The summed E-state index contributed by atoms with van der Waals surface area (Å²) in [4.78, 5) is 14.7. The number of nitrogens with zero attached hydrogens (tertiary/aromatic N) is 7. The number of unbranched alkanes of at least 4 members (excludes halogenated alkanes) is 1. The molecule has 0 aliphatic carbocycles. The molecule has 18 heavy (non-hydrogen) atoms. The molecule has 0 aliphatic heterocycles. The maximum absolute atomic E-state index is 8.37. The average molecular weight is 262 g/mol. The Hall–Kier alpha value is -2.29. The highest BCUT2D eigenvalue weighted by molar-refractivity contribution is 6.33. The fourth-order valence-electron chi connectivity index (χ4n) is 1.50. The molecule has 2 aromatic rings. The van der Waals surface area contributed by atoms with Gasteiger partial charge in [0.05, 0.1) is 6.33 Å². The largest absolute Gasteiger partial charge is 0.315 e. The standard InChI is InChI=1S/C10H8ClN7/c1-2-3-4-5-18-6-13-7-8(11)14-10(16-17-12)15-9(7)18/h1,6H,3-5H2. The van der Waals surface area contributed by atoms with Crippen molar-refractivity contribution in [3.8, 4) is 12.3 Å². The molecule has 7 nitrogen and oxygen atoms in total. The first-order chi connectivity index (χ1) is 8.76. The Morgan fingerprint density at radius 3 is 3.11 bits per heavy atom. The topological polar surface area (TPSA) is 92.4 Å². The van der Waals surface area contributed by atoms with Crippen molar-refractivity contribution in [1.29, 1.82) is 0 Å². The summed E-state index contributed by atoms with van der Waals surface area (Å²) in [6.07, 6.45) is 8.28. The van der Waals surface area contributed by atoms with Gasteiger partial charge in [-0.25, -0.2) is 15.0 Å². The van der Waals surface area contributed by atoms with Gasteiger partial charge in [0.15, 0.2) is 10.8 Å². The number of fused-ring (bicyclic) bond motifs is 1. The maximum Gasteiger partial charge on any atom is 0.220 e. The lowest BCUT2D eigenvalue weighted by Gasteiger charge is -2.02. The molecule has 0 saturated heterocycles. The fourth-order valence-corrected chi connectivity index (χ4v) is 1.71. The van der Waals surface area contributed by atoms with E-state index in [9.17, 15) is 0 Å². The van der Waals surface area contributed by atoms with Gasteiger partial charge in [-0.05, 0) is 17.1 Å². The highest BCUT2D eigenvalue weighted by Crippen LogP contribution is 2.22. The molecule has 0 radical (unpaired) electrons. The molecule has 2 heterocycles. The van der Waals surface area contributed by atoms with E-state index in [0.29, 0.717) is 24.1 Å². The van der Waals surface area contributed by atoms with Gasteiger partial charge in [0.25, 0.3) is 0 Å². The summed E-state index contributed by atoms with van der Waals surface area (Å²) in [7, 11) is 0. The molecule has 8 heteroatoms. The predicted octanol–water partition coefficient (Wildman–Crippen LogP) is 2.83. The van der Waals surface area contributed by atoms with Crippen molar-refractivity contribution in [2.75, 3.05) is 0 Å². The van der Waals surface area contributed by atoms with Gasteiger partial charge >= 0.3 is 0 Å². The number of terminal acetylenes is 1. The Balaban J connectivity index is 2.43. The van der Waals surface area contributed by atoms with Crippen LogP contribution in [0.3, 0.4) is 0 Å². The van der Waals surface area contributed by atoms with E-state index in [2.05, 4.69) is 30.9 Å². The smallest absolute Gasteiger partial charge is 0.220 e. The monoisotopic (exact) mass is 261 g/mol. The van der Waals surface area contributed by atoms with Crippen LogP contribution in [-0.4, -0.2) is 19.5 Å². The number of aryl methyl sites for hydroxylation is 1. The predicted molar refractivity (Wildman–Crippen MR) is 67.2 cm³/mol. The molecular weight excluding hydrogens is 254 g/mol. The van der Waals surface area contributed by atoms with Crippen LogP contribution >= 0.6 is 11.6 Å². The van der Waals surface area contributed by atoms with E-state index >= 15 is 0 Å². The van der Waals surface area contributed by atoms with Crippen LogP contribution in [-0.2, 0) is 6.54 Å². The summed E-state index contributed by atoms with van der Waals surface area (Å²) < 4.78 is 1.80. The summed E-state index contributed by atoms with van der Waals surface area (Å²) in [6.45, 7) is 0.670. The van der Waals surface area contributed by atoms with Crippen molar-refractivity contribution in [1.82, 2.24) is 19.5 Å². The Kier molecular flexibility index (Phi) is 3.63. The van der Waals surface area contributed by atoms with Crippen LogP contribution < -0.4 is 0 Å². The van der Waals surface area contributed by atoms with Gasteiger partial charge in [0, 0.05) is 17.9 Å². The zero-order chi connectivity index (χ0) is 13.0. The Labute approximate surface area is 107 Å². The second-order valence-corrected chi connectivity index (χ2v) is 3.78. The minimum atomic E-state index is -0.0197. The molecular formula is C10H8ClN7. The lowest BCUT2D eigenvalue weighted by Crippen LogP contribution is -1.98. The molecule has 0 bridgehead atoms. The first-order valence-electron chi connectivity index (χ1n) is 5.13. The minimum Gasteiger partial charge on any atom is -0.315 e. The highest BCUT2D eigenvalue weighted by Gasteiger charge is 2.10. The lowest BCUT2D eigenvalue weighted by atomic mass is 10.3. The van der Waals surface area contributed by atoms with Crippen molar-refractivity contribution >= 4 is 28.7 Å². The zero-order valence-corrected chi connectivity index (χ0v) is 10.0. The Bertz CT molecular complexity index is 663. The van der Waals surface area contributed by atoms with Crippen LogP contribution in [0.2, 0.25) is 5.15 Å². The number of azide groups is 1. The van der Waals surface area contributed by atoms with Gasteiger partial charge in [0.2, 0.25) is 5.95 Å². The molecule has 0 amide bonds. The molecule has 2 aromatic heterocycles. The van der Waals surface area contributed by atoms with E-state index in [4.69, 9.17) is 23.6 Å². The summed E-state index contributed by atoms with van der Waals surface area (Å²) in [6, 6.07) is 0. The van der Waals surface area contributed by atoms with Crippen molar-refractivity contribution in [2.24, 2.45) is 5.11 Å². The summed E-state index contributed by atoms with van der Waals surface area (Å²) in [5, 5.41) is 3.50. The third kappa shape index (κ3) is 2.35. The summed E-state index contributed by atoms with van der Waals surface area (Å²) in [5.41, 5.74) is 9.38. The zero-order valence-electron chi connectivity index (χ0n) is 9.28. The van der Waals surface area contributed by atoms with Crippen molar-refractivity contribution in [2.45, 2.75) is 19.4 Å². The van der Waals surface area contributed by atoms with Crippen molar-refractivity contribution < 1.29 is 0 Å². The molecule has 0 atom stereocenters. The van der Waals surface area contributed by atoms with Crippen molar-refractivity contribution in [3.63, 3.8) is 0 Å². The molecule has 2 rings (SSSR count). The third-order valence-electron chi connectivity index (χ3n) is 2.26. The Morgan fingerprint density at radius 2 is 2.39 bits per heavy atom. The summed E-state index contributed by atoms with van der Waals surface area (Å²) in [5.74, 6) is 2.54. The molecule has 0 aromatic carbocycles. The van der Waals surface area contributed by atoms with Gasteiger partial charge in [-0.15, -0.1) is 12.3 Å². The molecule has 0 saturated carbocycles. The van der Waals surface area contributed by atoms with Crippen LogP contribution in [0, 0.1) is 12.3 Å². The van der Waals surface area contributed by atoms with Crippen LogP contribution in [0.25, 0.3) is 21.6 Å². The lowest BCUT2D eigenvalue weighted by molar-refractivity contribution is 0.666. The number of hydrogen-bond acceptors (Lipinski definition) is 4. The van der Waals surface area contributed by atoms with Gasteiger partial charge in [0.1, 0.15) is 5.52 Å². The van der Waals surface area contributed by atoms with Crippen LogP contribution in [0.15, 0.2) is 11.4 Å². The minimum absolute atomic E-state index is 0.0197. The van der Waals surface area contributed by atoms with Crippen LogP contribution in [0.4, 0.5) is 5.95 Å². The molecule has 0 fully saturated rings.